The first-order chi connectivity index (χ1) is 9.90. The van der Waals surface area contributed by atoms with Crippen LogP contribution >= 0.6 is 11.6 Å². The standard InChI is InChI=1S/C15H19ClN2O3/c1-8(4-15(20)21-2)3-12(17)10-5-9-6-14(19)18-13(9)7-11(10)16/h5,7-8,12H,3-4,6,17H2,1-2H3,(H,18,19). The van der Waals surface area contributed by atoms with Gasteiger partial charge < -0.3 is 15.8 Å². The van der Waals surface area contributed by atoms with Crippen molar-refractivity contribution in [2.45, 2.75) is 32.2 Å². The lowest BCUT2D eigenvalue weighted by Gasteiger charge is -2.19. The lowest BCUT2D eigenvalue weighted by atomic mass is 9.93. The Labute approximate surface area is 128 Å². The molecule has 0 saturated heterocycles. The van der Waals surface area contributed by atoms with Crippen LogP contribution in [0, 0.1) is 5.92 Å². The van der Waals surface area contributed by atoms with Crippen LogP contribution < -0.4 is 11.1 Å². The van der Waals surface area contributed by atoms with Crippen molar-refractivity contribution in [2.75, 3.05) is 12.4 Å². The van der Waals surface area contributed by atoms with E-state index in [0.29, 0.717) is 24.3 Å². The second kappa shape index (κ2) is 6.45. The number of amides is 1. The molecule has 114 valence electrons. The fourth-order valence-corrected chi connectivity index (χ4v) is 2.87. The van der Waals surface area contributed by atoms with Crippen LogP contribution in [0.3, 0.4) is 0 Å². The van der Waals surface area contributed by atoms with Crippen LogP contribution in [0.2, 0.25) is 5.02 Å². The van der Waals surface area contributed by atoms with Crippen molar-refractivity contribution < 1.29 is 14.3 Å². The third-order valence-corrected chi connectivity index (χ3v) is 3.97. The molecule has 0 aliphatic carbocycles. The molecule has 1 heterocycles. The number of carbonyl (C=O) groups excluding carboxylic acids is 2. The molecule has 5 nitrogen and oxygen atoms in total. The highest BCUT2D eigenvalue weighted by atomic mass is 35.5. The number of benzene rings is 1. The SMILES string of the molecule is COC(=O)CC(C)CC(N)c1cc2c(cc1Cl)NC(=O)C2. The van der Waals surface area contributed by atoms with Crippen LogP contribution in [-0.4, -0.2) is 19.0 Å². The second-order valence-corrected chi connectivity index (χ2v) is 5.89. The van der Waals surface area contributed by atoms with Crippen LogP contribution in [-0.2, 0) is 20.7 Å². The van der Waals surface area contributed by atoms with E-state index in [0.717, 1.165) is 16.8 Å². The number of anilines is 1. The molecule has 1 amide bonds. The number of nitrogens with two attached hydrogens (primary N) is 1. The molecule has 0 fully saturated rings. The highest BCUT2D eigenvalue weighted by Crippen LogP contribution is 2.34. The molecule has 1 aromatic carbocycles. The average molecular weight is 311 g/mol. The molecule has 2 atom stereocenters. The largest absolute Gasteiger partial charge is 0.469 e. The number of halogens is 1. The normalized spacial score (nSPS) is 16.1. The maximum absolute atomic E-state index is 11.4. The number of hydrogen-bond donors (Lipinski definition) is 2. The van der Waals surface area contributed by atoms with Gasteiger partial charge in [0.15, 0.2) is 0 Å². The van der Waals surface area contributed by atoms with Crippen molar-refractivity contribution in [1.29, 1.82) is 0 Å². The van der Waals surface area contributed by atoms with Gasteiger partial charge >= 0.3 is 5.97 Å². The van der Waals surface area contributed by atoms with Crippen LogP contribution in [0.5, 0.6) is 0 Å². The minimum Gasteiger partial charge on any atom is -0.469 e. The fourth-order valence-electron chi connectivity index (χ4n) is 2.56. The van der Waals surface area contributed by atoms with Crippen molar-refractivity contribution in [2.24, 2.45) is 11.7 Å². The van der Waals surface area contributed by atoms with Gasteiger partial charge in [0, 0.05) is 23.2 Å². The first kappa shape index (κ1) is 15.8. The summed E-state index contributed by atoms with van der Waals surface area (Å²) < 4.78 is 4.65. The topological polar surface area (TPSA) is 81.4 Å². The first-order valence-corrected chi connectivity index (χ1v) is 7.23. The van der Waals surface area contributed by atoms with E-state index in [1.165, 1.54) is 7.11 Å². The van der Waals surface area contributed by atoms with E-state index in [4.69, 9.17) is 17.3 Å². The molecule has 2 unspecified atom stereocenters. The number of esters is 1. The zero-order chi connectivity index (χ0) is 15.6. The molecule has 0 spiro atoms. The van der Waals surface area contributed by atoms with E-state index in [-0.39, 0.29) is 23.8 Å². The summed E-state index contributed by atoms with van der Waals surface area (Å²) in [5.41, 5.74) is 8.68. The third-order valence-electron chi connectivity index (χ3n) is 3.65. The number of carbonyl (C=O) groups is 2. The number of rotatable bonds is 5. The van der Waals surface area contributed by atoms with E-state index in [9.17, 15) is 9.59 Å². The molecule has 0 aromatic heterocycles. The highest BCUT2D eigenvalue weighted by Gasteiger charge is 2.23. The highest BCUT2D eigenvalue weighted by molar-refractivity contribution is 6.32. The average Bonchev–Trinajstić information content (AvgIpc) is 2.76. The summed E-state index contributed by atoms with van der Waals surface area (Å²) in [7, 11) is 1.37. The Morgan fingerprint density at radius 3 is 2.90 bits per heavy atom. The van der Waals surface area contributed by atoms with Crippen molar-refractivity contribution in [3.8, 4) is 0 Å². The van der Waals surface area contributed by atoms with Gasteiger partial charge in [-0.05, 0) is 29.5 Å². The van der Waals surface area contributed by atoms with Gasteiger partial charge in [-0.2, -0.15) is 0 Å². The summed E-state index contributed by atoms with van der Waals surface area (Å²) in [5, 5.41) is 3.29. The van der Waals surface area contributed by atoms with Crippen LogP contribution in [0.1, 0.15) is 36.9 Å². The summed E-state index contributed by atoms with van der Waals surface area (Å²) in [6.07, 6.45) is 1.30. The Balaban J connectivity index is 2.09. The molecule has 1 aliphatic rings. The lowest BCUT2D eigenvalue weighted by Crippen LogP contribution is -2.17. The molecule has 2 rings (SSSR count). The number of nitrogens with one attached hydrogen (secondary N) is 1. The molecule has 0 saturated carbocycles. The number of ether oxygens (including phenoxy) is 1. The van der Waals surface area contributed by atoms with E-state index in [1.54, 1.807) is 6.07 Å². The quantitative estimate of drug-likeness (QED) is 0.818. The Morgan fingerprint density at radius 1 is 1.52 bits per heavy atom. The van der Waals surface area contributed by atoms with Gasteiger partial charge in [0.05, 0.1) is 13.5 Å². The number of hydrogen-bond acceptors (Lipinski definition) is 4. The van der Waals surface area contributed by atoms with Gasteiger partial charge in [0.1, 0.15) is 0 Å². The second-order valence-electron chi connectivity index (χ2n) is 5.48. The van der Waals surface area contributed by atoms with Gasteiger partial charge in [-0.15, -0.1) is 0 Å². The molecular formula is C15H19ClN2O3. The Hall–Kier alpha value is -1.59. The zero-order valence-electron chi connectivity index (χ0n) is 12.1. The third kappa shape index (κ3) is 3.74. The van der Waals surface area contributed by atoms with Crippen molar-refractivity contribution in [3.05, 3.63) is 28.3 Å². The molecule has 6 heteroatoms. The zero-order valence-corrected chi connectivity index (χ0v) is 12.9. The minimum atomic E-state index is -0.279. The number of fused-ring (bicyclic) bond motifs is 1. The van der Waals surface area contributed by atoms with Crippen LogP contribution in [0.25, 0.3) is 0 Å². The summed E-state index contributed by atoms with van der Waals surface area (Å²) in [5.74, 6) is -0.188. The van der Waals surface area contributed by atoms with E-state index < -0.39 is 0 Å². The summed E-state index contributed by atoms with van der Waals surface area (Å²) in [4.78, 5) is 22.6. The maximum atomic E-state index is 11.4. The monoisotopic (exact) mass is 310 g/mol. The summed E-state index contributed by atoms with van der Waals surface area (Å²) >= 11 is 6.24. The minimum absolute atomic E-state index is 0.0363. The fraction of sp³-hybridized carbons (Fsp3) is 0.467. The van der Waals surface area contributed by atoms with E-state index in [2.05, 4.69) is 10.1 Å². The van der Waals surface area contributed by atoms with E-state index in [1.807, 2.05) is 13.0 Å². The Bertz CT molecular complexity index is 574. The van der Waals surface area contributed by atoms with E-state index >= 15 is 0 Å². The summed E-state index contributed by atoms with van der Waals surface area (Å²) in [6.45, 7) is 1.95. The van der Waals surface area contributed by atoms with Gasteiger partial charge in [0.25, 0.3) is 0 Å². The first-order valence-electron chi connectivity index (χ1n) is 6.85. The number of methoxy groups -OCH3 is 1. The van der Waals surface area contributed by atoms with Crippen LogP contribution in [0.15, 0.2) is 12.1 Å². The molecule has 0 radical (unpaired) electrons. The van der Waals surface area contributed by atoms with Crippen molar-refractivity contribution in [3.63, 3.8) is 0 Å². The van der Waals surface area contributed by atoms with Gasteiger partial charge in [-0.1, -0.05) is 24.6 Å². The van der Waals surface area contributed by atoms with Crippen molar-refractivity contribution in [1.82, 2.24) is 0 Å². The van der Waals surface area contributed by atoms with Gasteiger partial charge in [-0.25, -0.2) is 0 Å². The molecular weight excluding hydrogens is 292 g/mol. The molecule has 1 aromatic rings. The van der Waals surface area contributed by atoms with Crippen LogP contribution in [0.4, 0.5) is 5.69 Å². The molecule has 21 heavy (non-hydrogen) atoms. The van der Waals surface area contributed by atoms with Gasteiger partial charge in [0.2, 0.25) is 5.91 Å². The predicted octanol–water partition coefficient (Wildman–Crippen LogP) is 2.42. The molecule has 1 aliphatic heterocycles. The molecule has 3 N–H and O–H groups in total. The molecule has 0 bridgehead atoms. The van der Waals surface area contributed by atoms with Crippen molar-refractivity contribution >= 4 is 29.2 Å². The maximum Gasteiger partial charge on any atom is 0.305 e. The Morgan fingerprint density at radius 2 is 2.24 bits per heavy atom. The summed E-state index contributed by atoms with van der Waals surface area (Å²) in [6, 6.07) is 3.34. The predicted molar refractivity (Wildman–Crippen MR) is 81.1 cm³/mol. The Kier molecular flexibility index (Phi) is 4.85. The lowest BCUT2D eigenvalue weighted by molar-refractivity contribution is -0.141. The van der Waals surface area contributed by atoms with Gasteiger partial charge in [-0.3, -0.25) is 9.59 Å². The smallest absolute Gasteiger partial charge is 0.305 e.